The predicted molar refractivity (Wildman–Crippen MR) is 57.0 cm³/mol. The minimum absolute atomic E-state index is 0.585. The van der Waals surface area contributed by atoms with Crippen molar-refractivity contribution >= 4 is 19.9 Å². The van der Waals surface area contributed by atoms with E-state index >= 15 is 0 Å². The molecule has 0 fully saturated rings. The van der Waals surface area contributed by atoms with E-state index in [-0.39, 0.29) is 0 Å². The van der Waals surface area contributed by atoms with Gasteiger partial charge in [-0.15, -0.1) is 0 Å². The summed E-state index contributed by atoms with van der Waals surface area (Å²) in [6.45, 7) is 5.60. The summed E-state index contributed by atoms with van der Waals surface area (Å²) in [5.41, 5.74) is 1.16. The minimum atomic E-state index is -1.07. The number of hydrogen-bond donors (Lipinski definition) is 0. The van der Waals surface area contributed by atoms with Gasteiger partial charge < -0.3 is 0 Å². The molecule has 90 valence electrons. The van der Waals surface area contributed by atoms with Crippen LogP contribution in [0.4, 0.5) is 0 Å². The second-order valence-corrected chi connectivity index (χ2v) is 3.69. The Kier molecular flexibility index (Phi) is 6.78. The van der Waals surface area contributed by atoms with Crippen LogP contribution in [0, 0.1) is 11.0 Å². The molecule has 0 unspecified atom stereocenters. The number of carbonyl (C=O) groups is 2. The second-order valence-electron chi connectivity index (χ2n) is 3.29. The van der Waals surface area contributed by atoms with Gasteiger partial charge in [0.25, 0.3) is 0 Å². The fraction of sp³-hybridized carbons (Fsp3) is 0.700. The molecule has 16 heavy (non-hydrogen) atoms. The average molecular weight is 246 g/mol. The zero-order valence-corrected chi connectivity index (χ0v) is 10.5. The van der Waals surface area contributed by atoms with Gasteiger partial charge in [-0.1, -0.05) is 0 Å². The molecule has 0 amide bonds. The molecular weight excluding hydrogens is 231 g/mol. The van der Waals surface area contributed by atoms with Crippen molar-refractivity contribution in [3.63, 3.8) is 0 Å². The van der Waals surface area contributed by atoms with Gasteiger partial charge in [-0.3, -0.25) is 0 Å². The van der Waals surface area contributed by atoms with E-state index in [4.69, 9.17) is 0 Å². The molecule has 5 nitrogen and oxygen atoms in total. The Morgan fingerprint density at radius 1 is 1.12 bits per heavy atom. The maximum atomic E-state index is 11.7. The van der Waals surface area contributed by atoms with Crippen LogP contribution < -0.4 is 0 Å². The van der Waals surface area contributed by atoms with E-state index in [1.165, 1.54) is 0 Å². The van der Waals surface area contributed by atoms with E-state index in [9.17, 15) is 14.2 Å². The van der Waals surface area contributed by atoms with Gasteiger partial charge >= 0.3 is 94.9 Å². The molecule has 0 aromatic heterocycles. The van der Waals surface area contributed by atoms with Crippen molar-refractivity contribution in [1.82, 2.24) is 0 Å². The molecule has 6 heteroatoms. The van der Waals surface area contributed by atoms with Crippen LogP contribution in [0.2, 0.25) is 0 Å². The fourth-order valence-electron chi connectivity index (χ4n) is 1.40. The summed E-state index contributed by atoms with van der Waals surface area (Å²) in [7, 11) is -0.608. The third-order valence-electron chi connectivity index (χ3n) is 2.79. The number of hydrogen-bond acceptors (Lipinski definition) is 5. The third kappa shape index (κ3) is 3.84. The Morgan fingerprint density at radius 3 is 2.00 bits per heavy atom. The first-order chi connectivity index (χ1) is 7.56. The topological polar surface area (TPSA) is 69.7 Å². The zero-order valence-electron chi connectivity index (χ0n) is 9.61. The van der Waals surface area contributed by atoms with Gasteiger partial charge in [0.2, 0.25) is 0 Å². The van der Waals surface area contributed by atoms with E-state index < -0.39 is 25.3 Å². The summed E-state index contributed by atoms with van der Waals surface area (Å²) in [6, 6.07) is 0. The molecule has 0 saturated carbocycles. The van der Waals surface area contributed by atoms with Crippen molar-refractivity contribution in [2.75, 3.05) is 0 Å². The molecule has 0 N–H and O–H groups in total. The Labute approximate surface area is 95.5 Å². The van der Waals surface area contributed by atoms with Crippen LogP contribution >= 0.6 is 7.92 Å². The van der Waals surface area contributed by atoms with Crippen LogP contribution in [0.3, 0.4) is 0 Å². The SMILES string of the molecule is CCC(CC)(CC)C(=O)OOC(=O)C#P=O. The van der Waals surface area contributed by atoms with Crippen LogP contribution in [0.15, 0.2) is 0 Å². The molecule has 0 aliphatic carbocycles. The summed E-state index contributed by atoms with van der Waals surface area (Å²) >= 11 is 0. The summed E-state index contributed by atoms with van der Waals surface area (Å²) < 4.78 is 9.97. The van der Waals surface area contributed by atoms with Crippen molar-refractivity contribution in [1.29, 1.82) is 0 Å². The zero-order chi connectivity index (χ0) is 12.6. The van der Waals surface area contributed by atoms with E-state index in [0.29, 0.717) is 19.3 Å². The van der Waals surface area contributed by atoms with E-state index in [1.807, 2.05) is 20.8 Å². The van der Waals surface area contributed by atoms with Gasteiger partial charge in [-0.25, -0.2) is 0 Å². The quantitative estimate of drug-likeness (QED) is 0.433. The Bertz CT molecular complexity index is 344. The molecule has 0 rings (SSSR count). The van der Waals surface area contributed by atoms with Crippen molar-refractivity contribution < 1.29 is 23.9 Å². The monoisotopic (exact) mass is 246 g/mol. The maximum absolute atomic E-state index is 11.7. The van der Waals surface area contributed by atoms with Crippen LogP contribution in [0.25, 0.3) is 0 Å². The Morgan fingerprint density at radius 2 is 1.62 bits per heavy atom. The standard InChI is InChI=1S/C10H15O5P/c1-4-10(5-2,6-3)9(12)15-14-8(11)7-16-13/h4-6H2,1-3H3. The Balaban J connectivity index is 4.47. The first-order valence-electron chi connectivity index (χ1n) is 5.07. The molecular formula is C10H15O5P. The molecule has 0 aromatic carbocycles. The fourth-order valence-corrected chi connectivity index (χ4v) is 1.51. The molecule has 0 aliphatic rings. The molecule has 0 aromatic rings. The van der Waals surface area contributed by atoms with Crippen molar-refractivity contribution in [3.05, 3.63) is 0 Å². The van der Waals surface area contributed by atoms with Gasteiger partial charge in [-0.05, 0) is 0 Å². The Hall–Kier alpha value is -1.05. The van der Waals surface area contributed by atoms with Gasteiger partial charge in [-0.2, -0.15) is 0 Å². The molecule has 0 atom stereocenters. The summed E-state index contributed by atoms with van der Waals surface area (Å²) in [6.07, 6.45) is 1.80. The predicted octanol–water partition coefficient (Wildman–Crippen LogP) is 2.46. The van der Waals surface area contributed by atoms with E-state index in [1.54, 1.807) is 5.63 Å². The van der Waals surface area contributed by atoms with Gasteiger partial charge in [0, 0.05) is 0 Å². The number of rotatable bonds is 4. The van der Waals surface area contributed by atoms with Gasteiger partial charge in [0.05, 0.1) is 0 Å². The van der Waals surface area contributed by atoms with Gasteiger partial charge in [0.1, 0.15) is 0 Å². The van der Waals surface area contributed by atoms with Crippen molar-refractivity contribution in [3.8, 4) is 5.63 Å². The summed E-state index contributed by atoms with van der Waals surface area (Å²) in [5.74, 6) is -1.65. The average Bonchev–Trinajstić information content (AvgIpc) is 2.30. The van der Waals surface area contributed by atoms with Crippen LogP contribution in [0.1, 0.15) is 40.0 Å². The van der Waals surface area contributed by atoms with Crippen LogP contribution in [-0.4, -0.2) is 11.9 Å². The van der Waals surface area contributed by atoms with Crippen LogP contribution in [-0.2, 0) is 23.9 Å². The van der Waals surface area contributed by atoms with Gasteiger partial charge in [0.15, 0.2) is 0 Å². The first kappa shape index (κ1) is 14.9. The summed E-state index contributed by atoms with van der Waals surface area (Å²) in [5, 5.41) is 0. The van der Waals surface area contributed by atoms with Crippen molar-refractivity contribution in [2.24, 2.45) is 5.41 Å². The number of carbonyl (C=O) groups excluding carboxylic acids is 2. The van der Waals surface area contributed by atoms with Crippen molar-refractivity contribution in [2.45, 2.75) is 40.0 Å². The molecule has 0 saturated heterocycles. The summed E-state index contributed by atoms with van der Waals surface area (Å²) in [4.78, 5) is 30.9. The molecule has 0 bridgehead atoms. The molecule has 0 heterocycles. The molecule has 0 radical (unpaired) electrons. The second kappa shape index (κ2) is 7.26. The van der Waals surface area contributed by atoms with E-state index in [2.05, 4.69) is 9.78 Å². The third-order valence-corrected chi connectivity index (χ3v) is 3.07. The molecule has 0 spiro atoms. The van der Waals surface area contributed by atoms with E-state index in [0.717, 1.165) is 0 Å². The first-order valence-corrected chi connectivity index (χ1v) is 5.88. The van der Waals surface area contributed by atoms with Crippen LogP contribution in [0.5, 0.6) is 0 Å². The molecule has 0 aliphatic heterocycles. The normalized spacial score (nSPS) is 10.2.